The number of rotatable bonds is 5. The molecule has 0 bridgehead atoms. The third kappa shape index (κ3) is 3.81. The number of amides is 1. The van der Waals surface area contributed by atoms with Gasteiger partial charge < -0.3 is 19.6 Å². The van der Waals surface area contributed by atoms with Gasteiger partial charge in [-0.1, -0.05) is 18.2 Å². The van der Waals surface area contributed by atoms with Crippen LogP contribution in [0.5, 0.6) is 11.5 Å². The number of fused-ring (bicyclic) bond motifs is 1. The summed E-state index contributed by atoms with van der Waals surface area (Å²) in [6.45, 7) is 0. The van der Waals surface area contributed by atoms with E-state index in [1.165, 1.54) is 24.3 Å². The maximum atomic E-state index is 14.1. The first-order chi connectivity index (χ1) is 15.7. The molecule has 0 atom stereocenters. The highest BCUT2D eigenvalue weighted by molar-refractivity contribution is 6.62. The number of carbonyl (C=O) groups excluding carboxylic acids is 2. The number of anilines is 1. The predicted molar refractivity (Wildman–Crippen MR) is 112 cm³/mol. The smallest absolute Gasteiger partial charge is 0.395 e. The second-order valence-electron chi connectivity index (χ2n) is 7.83. The van der Waals surface area contributed by atoms with Gasteiger partial charge in [0, 0.05) is 11.1 Å². The fraction of sp³-hybridized carbons (Fsp3) is 0.174. The van der Waals surface area contributed by atoms with Crippen molar-refractivity contribution in [3.8, 4) is 22.8 Å². The summed E-state index contributed by atoms with van der Waals surface area (Å²) in [7, 11) is 5.13. The van der Waals surface area contributed by atoms with Crippen LogP contribution in [0.25, 0.3) is 11.3 Å². The number of benzene rings is 2. The van der Waals surface area contributed by atoms with Gasteiger partial charge in [-0.15, -0.1) is 8.78 Å². The van der Waals surface area contributed by atoms with Crippen molar-refractivity contribution < 1.29 is 32.2 Å². The molecule has 2 aromatic carbocycles. The van der Waals surface area contributed by atoms with Crippen LogP contribution in [0.1, 0.15) is 28.8 Å². The molecule has 1 aliphatic heterocycles. The van der Waals surface area contributed by atoms with Crippen LogP contribution in [-0.2, 0) is 10.2 Å². The third-order valence-electron chi connectivity index (χ3n) is 5.66. The molecule has 10 heteroatoms. The molecular weight excluding hydrogens is 436 g/mol. The zero-order valence-electron chi connectivity index (χ0n) is 16.9. The summed E-state index contributed by atoms with van der Waals surface area (Å²) in [5.41, 5.74) is -0.719. The number of aromatic nitrogens is 1. The SMILES string of the molecule is [B]C(=O)c1ccc(-c2cccc(NC(=O)C3(c4ccc5c(c4)OC(F)(F)O5)CC3)n2)cc1F. The molecule has 2 heterocycles. The van der Waals surface area contributed by atoms with E-state index in [9.17, 15) is 22.8 Å². The summed E-state index contributed by atoms with van der Waals surface area (Å²) < 4.78 is 49.7. The molecule has 164 valence electrons. The second-order valence-corrected chi connectivity index (χ2v) is 7.83. The van der Waals surface area contributed by atoms with Crippen molar-refractivity contribution in [1.82, 2.24) is 4.98 Å². The highest BCUT2D eigenvalue weighted by atomic mass is 19.3. The summed E-state index contributed by atoms with van der Waals surface area (Å²) >= 11 is 0. The Labute approximate surface area is 187 Å². The van der Waals surface area contributed by atoms with Crippen LogP contribution >= 0.6 is 0 Å². The molecule has 1 N–H and O–H groups in total. The lowest BCUT2D eigenvalue weighted by Gasteiger charge is -2.16. The molecule has 33 heavy (non-hydrogen) atoms. The van der Waals surface area contributed by atoms with Gasteiger partial charge in [0.05, 0.1) is 11.1 Å². The van der Waals surface area contributed by atoms with E-state index in [1.54, 1.807) is 24.3 Å². The first-order valence-electron chi connectivity index (χ1n) is 9.95. The molecule has 3 aromatic rings. The van der Waals surface area contributed by atoms with E-state index in [0.717, 1.165) is 6.07 Å². The molecule has 1 aromatic heterocycles. The maximum Gasteiger partial charge on any atom is 0.586 e. The minimum absolute atomic E-state index is 0.0936. The fourth-order valence-electron chi connectivity index (χ4n) is 3.79. The van der Waals surface area contributed by atoms with Crippen molar-refractivity contribution in [2.45, 2.75) is 24.6 Å². The molecule has 5 rings (SSSR count). The topological polar surface area (TPSA) is 77.5 Å². The van der Waals surface area contributed by atoms with E-state index < -0.39 is 23.2 Å². The molecule has 6 nitrogen and oxygen atoms in total. The number of halogens is 3. The lowest BCUT2D eigenvalue weighted by Crippen LogP contribution is -2.28. The van der Waals surface area contributed by atoms with Gasteiger partial charge in [-0.05, 0) is 54.8 Å². The van der Waals surface area contributed by atoms with Gasteiger partial charge in [-0.25, -0.2) is 9.37 Å². The van der Waals surface area contributed by atoms with Gasteiger partial charge in [0.1, 0.15) is 17.3 Å². The lowest BCUT2D eigenvalue weighted by atomic mass is 9.93. The Bertz CT molecular complexity index is 1310. The van der Waals surface area contributed by atoms with Gasteiger partial charge in [0.2, 0.25) is 5.91 Å². The van der Waals surface area contributed by atoms with Crippen molar-refractivity contribution >= 4 is 25.3 Å². The van der Waals surface area contributed by atoms with Crippen LogP contribution in [0.4, 0.5) is 19.0 Å². The second kappa shape index (κ2) is 7.36. The molecule has 1 amide bonds. The summed E-state index contributed by atoms with van der Waals surface area (Å²) in [5, 5.41) is 2.74. The number of carbonyl (C=O) groups is 2. The van der Waals surface area contributed by atoms with E-state index >= 15 is 0 Å². The fourth-order valence-corrected chi connectivity index (χ4v) is 3.79. The Morgan fingerprint density at radius 3 is 2.45 bits per heavy atom. The monoisotopic (exact) mass is 450 g/mol. The Morgan fingerprint density at radius 2 is 1.76 bits per heavy atom. The van der Waals surface area contributed by atoms with Crippen LogP contribution in [0, 0.1) is 5.82 Å². The van der Waals surface area contributed by atoms with Crippen LogP contribution in [0.2, 0.25) is 0 Å². The predicted octanol–water partition coefficient (Wildman–Crippen LogP) is 4.19. The lowest BCUT2D eigenvalue weighted by molar-refractivity contribution is -0.286. The number of alkyl halides is 2. The summed E-state index contributed by atoms with van der Waals surface area (Å²) in [6, 6.07) is 13.0. The van der Waals surface area contributed by atoms with Crippen molar-refractivity contribution in [2.24, 2.45) is 0 Å². The number of hydrogen-bond donors (Lipinski definition) is 1. The highest BCUT2D eigenvalue weighted by Gasteiger charge is 2.53. The molecule has 0 saturated heterocycles. The van der Waals surface area contributed by atoms with Crippen molar-refractivity contribution in [1.29, 1.82) is 0 Å². The van der Waals surface area contributed by atoms with Crippen LogP contribution in [-0.4, -0.2) is 30.7 Å². The number of pyridine rings is 1. The van der Waals surface area contributed by atoms with Crippen LogP contribution in [0.15, 0.2) is 54.6 Å². The Kier molecular flexibility index (Phi) is 4.70. The van der Waals surface area contributed by atoms with Crippen LogP contribution < -0.4 is 14.8 Å². The third-order valence-corrected chi connectivity index (χ3v) is 5.66. The van der Waals surface area contributed by atoms with Gasteiger partial charge in [-0.3, -0.25) is 4.79 Å². The van der Waals surface area contributed by atoms with Gasteiger partial charge in [0.15, 0.2) is 19.3 Å². The molecule has 0 spiro atoms. The van der Waals surface area contributed by atoms with Crippen molar-refractivity contribution in [3.05, 3.63) is 71.5 Å². The quantitative estimate of drug-likeness (QED) is 0.591. The van der Waals surface area contributed by atoms with E-state index in [1.807, 2.05) is 0 Å². The van der Waals surface area contributed by atoms with Gasteiger partial charge in [-0.2, -0.15) is 0 Å². The Hall–Kier alpha value is -3.82. The summed E-state index contributed by atoms with van der Waals surface area (Å²) in [6.07, 6.45) is -2.69. The number of nitrogens with zero attached hydrogens (tertiary/aromatic N) is 1. The number of nitrogens with one attached hydrogen (secondary N) is 1. The molecule has 1 fully saturated rings. The zero-order valence-corrected chi connectivity index (χ0v) is 16.9. The maximum absolute atomic E-state index is 14.1. The van der Waals surface area contributed by atoms with Crippen LogP contribution in [0.3, 0.4) is 0 Å². The summed E-state index contributed by atoms with van der Waals surface area (Å²) in [4.78, 5) is 28.6. The van der Waals surface area contributed by atoms with Crippen molar-refractivity contribution in [2.75, 3.05) is 5.32 Å². The standard InChI is InChI=1S/C23H14BF3N2O4/c24-20(30)14-6-4-12(10-15(14)25)16-2-1-3-19(28-16)29-21(31)22(8-9-22)13-5-7-17-18(11-13)33-23(26,27)32-17/h1-7,10-11H,8-9H2,(H,28,29,31). The summed E-state index contributed by atoms with van der Waals surface area (Å²) in [5.74, 6) is -1.12. The molecule has 1 aliphatic carbocycles. The van der Waals surface area contributed by atoms with E-state index in [0.29, 0.717) is 29.7 Å². The largest absolute Gasteiger partial charge is 0.586 e. The Morgan fingerprint density at radius 1 is 1.00 bits per heavy atom. The van der Waals surface area contributed by atoms with E-state index in [2.05, 4.69) is 19.8 Å². The molecule has 2 radical (unpaired) electrons. The van der Waals surface area contributed by atoms with Crippen molar-refractivity contribution in [3.63, 3.8) is 0 Å². The normalized spacial score (nSPS) is 16.8. The highest BCUT2D eigenvalue weighted by Crippen LogP contribution is 2.52. The molecule has 0 unspecified atom stereocenters. The molecule has 1 saturated carbocycles. The minimum atomic E-state index is -3.74. The molecule has 2 aliphatic rings. The number of ether oxygens (including phenoxy) is 2. The average molecular weight is 450 g/mol. The van der Waals surface area contributed by atoms with E-state index in [-0.39, 0.29) is 28.8 Å². The van der Waals surface area contributed by atoms with E-state index in [4.69, 9.17) is 7.85 Å². The average Bonchev–Trinajstić information content (AvgIpc) is 3.50. The van der Waals surface area contributed by atoms with Gasteiger partial charge in [0.25, 0.3) is 0 Å². The first kappa shape index (κ1) is 21.1. The Balaban J connectivity index is 1.37. The van der Waals surface area contributed by atoms with Gasteiger partial charge >= 0.3 is 6.29 Å². The minimum Gasteiger partial charge on any atom is -0.395 e. The molecular formula is C23H14BF3N2O4. The first-order valence-corrected chi connectivity index (χ1v) is 9.95. The zero-order chi connectivity index (χ0) is 23.4. The number of hydrogen-bond acceptors (Lipinski definition) is 5.